The van der Waals surface area contributed by atoms with Crippen LogP contribution in [-0.4, -0.2) is 9.97 Å². The monoisotopic (exact) mass is 246 g/mol. The highest BCUT2D eigenvalue weighted by atomic mass is 14.7. The van der Waals surface area contributed by atoms with Crippen molar-refractivity contribution in [3.8, 4) is 0 Å². The van der Waals surface area contributed by atoms with E-state index in [1.54, 1.807) is 0 Å². The van der Waals surface area contributed by atoms with E-state index in [-0.39, 0.29) is 0 Å². The van der Waals surface area contributed by atoms with Crippen LogP contribution in [0.1, 0.15) is 17.8 Å². The fraction of sp³-hybridized carbons (Fsp3) is 0.176. The summed E-state index contributed by atoms with van der Waals surface area (Å²) in [6, 6.07) is 12.2. The van der Waals surface area contributed by atoms with Gasteiger partial charge in [-0.15, -0.1) is 0 Å². The number of nitrogens with zero attached hydrogens (tertiary/aromatic N) is 2. The fourth-order valence-corrected chi connectivity index (χ4v) is 2.80. The van der Waals surface area contributed by atoms with Crippen molar-refractivity contribution in [3.05, 3.63) is 72.3 Å². The minimum absolute atomic E-state index is 0.669. The first kappa shape index (κ1) is 10.7. The van der Waals surface area contributed by atoms with Crippen LogP contribution in [-0.2, 0) is 0 Å². The van der Waals surface area contributed by atoms with Gasteiger partial charge in [0, 0.05) is 12.4 Å². The summed E-state index contributed by atoms with van der Waals surface area (Å²) in [5.74, 6) is 1.35. The summed E-state index contributed by atoms with van der Waals surface area (Å²) < 4.78 is 0. The maximum atomic E-state index is 4.49. The van der Waals surface area contributed by atoms with Crippen LogP contribution in [0.2, 0.25) is 0 Å². The predicted molar refractivity (Wildman–Crippen MR) is 76.0 cm³/mol. The molecule has 0 N–H and O–H groups in total. The molecule has 2 unspecified atom stereocenters. The predicted octanol–water partition coefficient (Wildman–Crippen LogP) is 3.59. The minimum Gasteiger partial charge on any atom is -0.257 e. The lowest BCUT2D eigenvalue weighted by molar-refractivity contribution is 0.989. The molecule has 2 aliphatic rings. The number of pyridine rings is 2. The van der Waals surface area contributed by atoms with Gasteiger partial charge in [-0.25, -0.2) is 0 Å². The van der Waals surface area contributed by atoms with Gasteiger partial charge in [0.05, 0.1) is 11.4 Å². The van der Waals surface area contributed by atoms with Crippen LogP contribution in [0.3, 0.4) is 0 Å². The molecule has 0 saturated heterocycles. The third kappa shape index (κ3) is 1.89. The van der Waals surface area contributed by atoms with Gasteiger partial charge in [-0.2, -0.15) is 0 Å². The van der Waals surface area contributed by atoms with Crippen LogP contribution in [0.4, 0.5) is 0 Å². The van der Waals surface area contributed by atoms with Crippen LogP contribution >= 0.6 is 0 Å². The Hall–Kier alpha value is -2.22. The van der Waals surface area contributed by atoms with Gasteiger partial charge in [-0.1, -0.05) is 18.2 Å². The highest BCUT2D eigenvalue weighted by Gasteiger charge is 2.41. The van der Waals surface area contributed by atoms with Crippen molar-refractivity contribution in [2.24, 2.45) is 11.8 Å². The Kier molecular flexibility index (Phi) is 2.34. The number of hydrogen-bond donors (Lipinski definition) is 0. The fourth-order valence-electron chi connectivity index (χ4n) is 2.80. The molecule has 2 atom stereocenters. The van der Waals surface area contributed by atoms with Crippen molar-refractivity contribution in [1.29, 1.82) is 0 Å². The van der Waals surface area contributed by atoms with E-state index < -0.39 is 0 Å². The van der Waals surface area contributed by atoms with E-state index in [9.17, 15) is 0 Å². The Morgan fingerprint density at radius 2 is 1.63 bits per heavy atom. The number of aromatic nitrogens is 2. The average molecular weight is 246 g/mol. The lowest BCUT2D eigenvalue weighted by Gasteiger charge is -2.12. The molecule has 2 heteroatoms. The molecule has 1 saturated carbocycles. The van der Waals surface area contributed by atoms with Gasteiger partial charge in [0.2, 0.25) is 0 Å². The van der Waals surface area contributed by atoms with E-state index in [4.69, 9.17) is 0 Å². The third-order valence-corrected chi connectivity index (χ3v) is 3.87. The number of hydrogen-bond acceptors (Lipinski definition) is 2. The molecule has 4 rings (SSSR count). The summed E-state index contributed by atoms with van der Waals surface area (Å²) in [5.41, 5.74) is 4.77. The van der Waals surface area contributed by atoms with Crippen molar-refractivity contribution in [3.63, 3.8) is 0 Å². The molecule has 1 fully saturated rings. The molecule has 2 nitrogen and oxygen atoms in total. The molecule has 92 valence electrons. The molecule has 0 radical (unpaired) electrons. The first-order valence-electron chi connectivity index (χ1n) is 6.68. The molecular weight excluding hydrogens is 232 g/mol. The standard InChI is InChI=1S/C17H14N2/c1-3-7-18-16(5-1)13-9-12-10-14(12)15(11-13)17-6-2-4-8-19-17/h1-9,11-12,14H,10H2. The van der Waals surface area contributed by atoms with Crippen LogP contribution in [0.25, 0.3) is 11.1 Å². The molecule has 0 aromatic carbocycles. The molecule has 2 aromatic rings. The first-order chi connectivity index (χ1) is 9.42. The van der Waals surface area contributed by atoms with E-state index in [0.29, 0.717) is 11.8 Å². The molecular formula is C17H14N2. The Labute approximate surface area is 112 Å². The van der Waals surface area contributed by atoms with Crippen LogP contribution in [0.5, 0.6) is 0 Å². The van der Waals surface area contributed by atoms with Gasteiger partial charge < -0.3 is 0 Å². The minimum atomic E-state index is 0.669. The summed E-state index contributed by atoms with van der Waals surface area (Å²) in [6.07, 6.45) is 9.59. The second kappa shape index (κ2) is 4.16. The summed E-state index contributed by atoms with van der Waals surface area (Å²) in [7, 11) is 0. The van der Waals surface area contributed by atoms with E-state index in [1.165, 1.54) is 17.6 Å². The Morgan fingerprint density at radius 1 is 0.895 bits per heavy atom. The lowest BCUT2D eigenvalue weighted by atomic mass is 9.95. The summed E-state index contributed by atoms with van der Waals surface area (Å²) in [4.78, 5) is 8.94. The third-order valence-electron chi connectivity index (χ3n) is 3.87. The second-order valence-electron chi connectivity index (χ2n) is 5.16. The second-order valence-corrected chi connectivity index (χ2v) is 5.16. The number of allylic oxidation sites excluding steroid dienone is 4. The highest BCUT2D eigenvalue weighted by Crippen LogP contribution is 2.53. The highest BCUT2D eigenvalue weighted by molar-refractivity contribution is 5.86. The van der Waals surface area contributed by atoms with E-state index in [2.05, 4.69) is 40.3 Å². The lowest BCUT2D eigenvalue weighted by Crippen LogP contribution is -1.98. The molecule has 2 aliphatic carbocycles. The summed E-state index contributed by atoms with van der Waals surface area (Å²) in [5, 5.41) is 0. The molecule has 0 spiro atoms. The quantitative estimate of drug-likeness (QED) is 0.809. The smallest absolute Gasteiger partial charge is 0.0698 e. The first-order valence-corrected chi connectivity index (χ1v) is 6.68. The maximum Gasteiger partial charge on any atom is 0.0698 e. The molecule has 2 heterocycles. The van der Waals surface area contributed by atoms with Crippen molar-refractivity contribution in [1.82, 2.24) is 9.97 Å². The zero-order chi connectivity index (χ0) is 12.7. The Balaban J connectivity index is 1.77. The number of fused-ring (bicyclic) bond motifs is 1. The van der Waals surface area contributed by atoms with Gasteiger partial charge in [0.25, 0.3) is 0 Å². The zero-order valence-electron chi connectivity index (χ0n) is 10.5. The SMILES string of the molecule is C1=C(c2ccccn2)C=C(c2ccccn2)C2CC12. The topological polar surface area (TPSA) is 25.8 Å². The number of rotatable bonds is 2. The Bertz CT molecular complexity index is 656. The molecule has 0 aliphatic heterocycles. The Morgan fingerprint density at radius 3 is 2.32 bits per heavy atom. The van der Waals surface area contributed by atoms with E-state index >= 15 is 0 Å². The normalized spacial score (nSPS) is 24.2. The largest absolute Gasteiger partial charge is 0.257 e. The van der Waals surface area contributed by atoms with E-state index in [0.717, 1.165) is 11.4 Å². The van der Waals surface area contributed by atoms with E-state index in [1.807, 2.05) is 30.6 Å². The van der Waals surface area contributed by atoms with Crippen LogP contribution in [0.15, 0.2) is 60.9 Å². The van der Waals surface area contributed by atoms with Gasteiger partial charge >= 0.3 is 0 Å². The molecule has 19 heavy (non-hydrogen) atoms. The van der Waals surface area contributed by atoms with Gasteiger partial charge in [-0.3, -0.25) is 9.97 Å². The van der Waals surface area contributed by atoms with Crippen molar-refractivity contribution in [2.45, 2.75) is 6.42 Å². The van der Waals surface area contributed by atoms with Crippen molar-refractivity contribution >= 4 is 11.1 Å². The molecule has 2 aromatic heterocycles. The van der Waals surface area contributed by atoms with Crippen LogP contribution in [0, 0.1) is 11.8 Å². The van der Waals surface area contributed by atoms with Crippen molar-refractivity contribution in [2.75, 3.05) is 0 Å². The van der Waals surface area contributed by atoms with Crippen molar-refractivity contribution < 1.29 is 0 Å². The van der Waals surface area contributed by atoms with Crippen LogP contribution < -0.4 is 0 Å². The average Bonchev–Trinajstić information content (AvgIpc) is 3.27. The summed E-state index contributed by atoms with van der Waals surface area (Å²) >= 11 is 0. The molecule has 0 bridgehead atoms. The zero-order valence-corrected chi connectivity index (χ0v) is 10.5. The van der Waals surface area contributed by atoms with Gasteiger partial charge in [0.15, 0.2) is 0 Å². The molecule has 0 amide bonds. The maximum absolute atomic E-state index is 4.49. The van der Waals surface area contributed by atoms with Gasteiger partial charge in [0.1, 0.15) is 0 Å². The van der Waals surface area contributed by atoms with Gasteiger partial charge in [-0.05, 0) is 59.7 Å². The summed E-state index contributed by atoms with van der Waals surface area (Å²) in [6.45, 7) is 0.